The van der Waals surface area contributed by atoms with E-state index in [-0.39, 0.29) is 0 Å². The van der Waals surface area contributed by atoms with E-state index in [4.69, 9.17) is 0 Å². The first-order chi connectivity index (χ1) is 21.5. The van der Waals surface area contributed by atoms with Gasteiger partial charge in [-0.15, -0.1) is 0 Å². The maximum absolute atomic E-state index is 3.85. The SMILES string of the molecule is C=Cc1ccc(CCCCc2cc(CCCCCCc3ccc(C)c(CCCCc4ccc(C=C)cc4)c3)ccc2C)cc1. The van der Waals surface area contributed by atoms with E-state index in [9.17, 15) is 0 Å². The fourth-order valence-electron chi connectivity index (χ4n) is 6.24. The molecule has 4 aromatic rings. The summed E-state index contributed by atoms with van der Waals surface area (Å²) < 4.78 is 0. The van der Waals surface area contributed by atoms with Crippen molar-refractivity contribution in [3.8, 4) is 0 Å². The summed E-state index contributed by atoms with van der Waals surface area (Å²) in [4.78, 5) is 0. The molecule has 0 aliphatic heterocycles. The molecule has 0 aliphatic rings. The predicted molar refractivity (Wildman–Crippen MR) is 195 cm³/mol. The molecule has 0 fully saturated rings. The van der Waals surface area contributed by atoms with Crippen molar-refractivity contribution in [2.75, 3.05) is 0 Å². The van der Waals surface area contributed by atoms with Crippen molar-refractivity contribution >= 4 is 12.2 Å². The fourth-order valence-corrected chi connectivity index (χ4v) is 6.24. The Labute approximate surface area is 269 Å². The lowest BCUT2D eigenvalue weighted by atomic mass is 9.95. The molecular weight excluding hydrogens is 528 g/mol. The highest BCUT2D eigenvalue weighted by atomic mass is 14.1. The molecule has 0 aliphatic carbocycles. The molecule has 0 saturated carbocycles. The minimum Gasteiger partial charge on any atom is -0.0985 e. The van der Waals surface area contributed by atoms with Gasteiger partial charge in [-0.2, -0.15) is 0 Å². The van der Waals surface area contributed by atoms with Crippen LogP contribution in [0.15, 0.2) is 98.1 Å². The highest BCUT2D eigenvalue weighted by molar-refractivity contribution is 5.48. The van der Waals surface area contributed by atoms with E-state index < -0.39 is 0 Å². The lowest BCUT2D eigenvalue weighted by Gasteiger charge is -2.10. The molecule has 0 unspecified atom stereocenters. The van der Waals surface area contributed by atoms with Gasteiger partial charge in [-0.05, 0) is 147 Å². The van der Waals surface area contributed by atoms with Crippen molar-refractivity contribution in [1.29, 1.82) is 0 Å². The van der Waals surface area contributed by atoms with Gasteiger partial charge in [0.25, 0.3) is 0 Å². The Morgan fingerprint density at radius 3 is 1.09 bits per heavy atom. The van der Waals surface area contributed by atoms with Crippen molar-refractivity contribution in [2.45, 2.75) is 104 Å². The Hall–Kier alpha value is -3.64. The second-order valence-electron chi connectivity index (χ2n) is 12.7. The van der Waals surface area contributed by atoms with E-state index >= 15 is 0 Å². The van der Waals surface area contributed by atoms with Gasteiger partial charge in [-0.25, -0.2) is 0 Å². The Kier molecular flexibility index (Phi) is 13.8. The predicted octanol–water partition coefficient (Wildman–Crippen LogP) is 12.1. The van der Waals surface area contributed by atoms with Gasteiger partial charge in [0, 0.05) is 0 Å². The summed E-state index contributed by atoms with van der Waals surface area (Å²) in [6.45, 7) is 12.2. The second-order valence-corrected chi connectivity index (χ2v) is 12.7. The molecular formula is C44H54. The quantitative estimate of drug-likeness (QED) is 0.0965. The smallest absolute Gasteiger partial charge is 0.0262 e. The van der Waals surface area contributed by atoms with Gasteiger partial charge in [0.2, 0.25) is 0 Å². The number of hydrogen-bond donors (Lipinski definition) is 0. The zero-order valence-corrected chi connectivity index (χ0v) is 27.6. The first kappa shape index (κ1) is 33.3. The summed E-state index contributed by atoms with van der Waals surface area (Å²) in [6, 6.07) is 32.0. The topological polar surface area (TPSA) is 0 Å². The third-order valence-corrected chi connectivity index (χ3v) is 9.26. The van der Waals surface area contributed by atoms with Crippen LogP contribution in [0.4, 0.5) is 0 Å². The van der Waals surface area contributed by atoms with Gasteiger partial charge >= 0.3 is 0 Å². The molecule has 0 saturated heterocycles. The van der Waals surface area contributed by atoms with E-state index in [2.05, 4.69) is 112 Å². The molecule has 0 atom stereocenters. The number of aryl methyl sites for hydroxylation is 8. The minimum atomic E-state index is 1.16. The molecule has 0 spiro atoms. The van der Waals surface area contributed by atoms with Crippen molar-refractivity contribution in [2.24, 2.45) is 0 Å². The van der Waals surface area contributed by atoms with Gasteiger partial charge in [0.05, 0.1) is 0 Å². The molecule has 0 amide bonds. The first-order valence-electron chi connectivity index (χ1n) is 17.1. The lowest BCUT2D eigenvalue weighted by molar-refractivity contribution is 0.639. The van der Waals surface area contributed by atoms with Crippen LogP contribution >= 0.6 is 0 Å². The molecule has 0 nitrogen and oxygen atoms in total. The molecule has 0 heteroatoms. The van der Waals surface area contributed by atoms with Crippen LogP contribution in [0.5, 0.6) is 0 Å². The van der Waals surface area contributed by atoms with Crippen LogP contribution in [0.1, 0.15) is 107 Å². The maximum Gasteiger partial charge on any atom is -0.0262 e. The van der Waals surface area contributed by atoms with Crippen LogP contribution in [0.2, 0.25) is 0 Å². The molecule has 4 aromatic carbocycles. The van der Waals surface area contributed by atoms with E-state index in [1.54, 1.807) is 11.1 Å². The summed E-state index contributed by atoms with van der Waals surface area (Å²) in [5.74, 6) is 0. The van der Waals surface area contributed by atoms with Crippen LogP contribution < -0.4 is 0 Å². The Balaban J connectivity index is 1.11. The van der Waals surface area contributed by atoms with Crippen LogP contribution in [-0.2, 0) is 38.5 Å². The fraction of sp³-hybridized carbons (Fsp3) is 0.364. The van der Waals surface area contributed by atoms with Crippen LogP contribution in [-0.4, -0.2) is 0 Å². The van der Waals surface area contributed by atoms with Crippen LogP contribution in [0, 0.1) is 13.8 Å². The van der Waals surface area contributed by atoms with Crippen molar-refractivity contribution in [3.05, 3.63) is 154 Å². The van der Waals surface area contributed by atoms with E-state index in [0.717, 1.165) is 12.8 Å². The molecule has 44 heavy (non-hydrogen) atoms. The van der Waals surface area contributed by atoms with Crippen molar-refractivity contribution in [1.82, 2.24) is 0 Å². The molecule has 230 valence electrons. The average Bonchev–Trinajstić information content (AvgIpc) is 3.06. The summed E-state index contributed by atoms with van der Waals surface area (Å²) in [7, 11) is 0. The number of unbranched alkanes of at least 4 members (excludes halogenated alkanes) is 5. The zero-order valence-electron chi connectivity index (χ0n) is 27.6. The lowest BCUT2D eigenvalue weighted by Crippen LogP contribution is -1.96. The summed E-state index contributed by atoms with van der Waals surface area (Å²) in [5, 5.41) is 0. The molecule has 0 heterocycles. The number of hydrogen-bond acceptors (Lipinski definition) is 0. The van der Waals surface area contributed by atoms with Crippen molar-refractivity contribution < 1.29 is 0 Å². The van der Waals surface area contributed by atoms with Gasteiger partial charge in [0.15, 0.2) is 0 Å². The third-order valence-electron chi connectivity index (χ3n) is 9.26. The minimum absolute atomic E-state index is 1.16. The zero-order chi connectivity index (χ0) is 31.0. The van der Waals surface area contributed by atoms with Crippen molar-refractivity contribution in [3.63, 3.8) is 0 Å². The Morgan fingerprint density at radius 1 is 0.386 bits per heavy atom. The third kappa shape index (κ3) is 11.1. The molecule has 0 N–H and O–H groups in total. The Morgan fingerprint density at radius 2 is 0.705 bits per heavy atom. The van der Waals surface area contributed by atoms with E-state index in [0.29, 0.717) is 0 Å². The molecule has 0 radical (unpaired) electrons. The highest BCUT2D eigenvalue weighted by Crippen LogP contribution is 2.20. The monoisotopic (exact) mass is 582 g/mol. The standard InChI is InChI=1S/C44H54/c1-5-37-25-29-39(30-26-37)15-11-13-19-43-33-41(23-21-35(43)3)17-9-7-8-10-18-42-24-22-36(4)44(34-42)20-14-12-16-40-31-27-38(6-2)28-32-40/h5-6,21-34H,1-2,7-20H2,3-4H3. The van der Waals surface area contributed by atoms with Gasteiger partial charge in [-0.1, -0.05) is 123 Å². The first-order valence-corrected chi connectivity index (χ1v) is 17.1. The summed E-state index contributed by atoms with van der Waals surface area (Å²) in [6.07, 6.45) is 21.1. The largest absolute Gasteiger partial charge is 0.0985 e. The number of benzene rings is 4. The van der Waals surface area contributed by atoms with Gasteiger partial charge in [0.1, 0.15) is 0 Å². The Bertz CT molecular complexity index is 1320. The number of rotatable bonds is 19. The maximum atomic E-state index is 3.85. The van der Waals surface area contributed by atoms with Crippen LogP contribution in [0.3, 0.4) is 0 Å². The molecule has 0 aromatic heterocycles. The molecule has 4 rings (SSSR count). The molecule has 0 bridgehead atoms. The normalized spacial score (nSPS) is 11.0. The van der Waals surface area contributed by atoms with E-state index in [1.807, 2.05) is 12.2 Å². The highest BCUT2D eigenvalue weighted by Gasteiger charge is 2.05. The summed E-state index contributed by atoms with van der Waals surface area (Å²) in [5.41, 5.74) is 14.3. The van der Waals surface area contributed by atoms with E-state index in [1.165, 1.54) is 122 Å². The van der Waals surface area contributed by atoms with Crippen LogP contribution in [0.25, 0.3) is 12.2 Å². The van der Waals surface area contributed by atoms with Gasteiger partial charge in [-0.3, -0.25) is 0 Å². The second kappa shape index (κ2) is 18.2. The van der Waals surface area contributed by atoms with Gasteiger partial charge < -0.3 is 0 Å². The summed E-state index contributed by atoms with van der Waals surface area (Å²) >= 11 is 0. The average molecular weight is 583 g/mol.